The summed E-state index contributed by atoms with van der Waals surface area (Å²) in [7, 11) is 1.77. The van der Waals surface area contributed by atoms with Crippen molar-refractivity contribution in [3.05, 3.63) is 24.0 Å². The quantitative estimate of drug-likeness (QED) is 0.703. The van der Waals surface area contributed by atoms with Gasteiger partial charge >= 0.3 is 0 Å². The fourth-order valence-corrected chi connectivity index (χ4v) is 1.31. The molecular formula is C13H20N4O2. The topological polar surface area (TPSA) is 83.1 Å². The average molecular weight is 264 g/mol. The van der Waals surface area contributed by atoms with Gasteiger partial charge in [-0.1, -0.05) is 13.8 Å². The smallest absolute Gasteiger partial charge is 0.270 e. The molecule has 0 atom stereocenters. The Bertz CT molecular complexity index is 429. The van der Waals surface area contributed by atoms with Crippen LogP contribution in [0.2, 0.25) is 0 Å². The lowest BCUT2D eigenvalue weighted by atomic mass is 10.2. The van der Waals surface area contributed by atoms with E-state index in [-0.39, 0.29) is 24.1 Å². The lowest BCUT2D eigenvalue weighted by Gasteiger charge is -2.08. The molecule has 0 bridgehead atoms. The van der Waals surface area contributed by atoms with Gasteiger partial charge in [-0.25, -0.2) is 4.98 Å². The van der Waals surface area contributed by atoms with Gasteiger partial charge in [0.1, 0.15) is 5.69 Å². The molecule has 6 nitrogen and oxygen atoms in total. The van der Waals surface area contributed by atoms with Crippen molar-refractivity contribution in [2.75, 3.05) is 25.5 Å². The van der Waals surface area contributed by atoms with Crippen LogP contribution in [0.1, 0.15) is 24.3 Å². The van der Waals surface area contributed by atoms with Crippen LogP contribution in [0.15, 0.2) is 18.3 Å². The van der Waals surface area contributed by atoms with Gasteiger partial charge in [-0.15, -0.1) is 0 Å². The second-order valence-electron chi connectivity index (χ2n) is 4.56. The first-order chi connectivity index (χ1) is 9.02. The maximum Gasteiger partial charge on any atom is 0.270 e. The summed E-state index contributed by atoms with van der Waals surface area (Å²) in [4.78, 5) is 27.1. The summed E-state index contributed by atoms with van der Waals surface area (Å²) in [6, 6.07) is 3.36. The van der Waals surface area contributed by atoms with Crippen LogP contribution in [0.4, 0.5) is 5.69 Å². The van der Waals surface area contributed by atoms with Gasteiger partial charge < -0.3 is 16.0 Å². The molecule has 1 heterocycles. The standard InChI is InChI=1S/C13H20N4O2/c1-9(2)6-16-12(18)8-17-13(19)11-5-4-10(14-3)7-15-11/h4-5,7,9,14H,6,8H2,1-3H3,(H,16,18)(H,17,19). The summed E-state index contributed by atoms with van der Waals surface area (Å²) < 4.78 is 0. The Morgan fingerprint density at radius 2 is 2.00 bits per heavy atom. The highest BCUT2D eigenvalue weighted by molar-refractivity contribution is 5.94. The van der Waals surface area contributed by atoms with Crippen LogP contribution in [0.25, 0.3) is 0 Å². The SMILES string of the molecule is CNc1ccc(C(=O)NCC(=O)NCC(C)C)nc1. The number of nitrogens with zero attached hydrogens (tertiary/aromatic N) is 1. The Morgan fingerprint density at radius 3 is 2.53 bits per heavy atom. The molecule has 0 fully saturated rings. The first kappa shape index (κ1) is 14.9. The Labute approximate surface area is 113 Å². The van der Waals surface area contributed by atoms with E-state index in [9.17, 15) is 9.59 Å². The molecule has 1 aromatic heterocycles. The Hall–Kier alpha value is -2.11. The Morgan fingerprint density at radius 1 is 1.26 bits per heavy atom. The molecule has 0 aromatic carbocycles. The number of aromatic nitrogens is 1. The molecule has 6 heteroatoms. The first-order valence-corrected chi connectivity index (χ1v) is 6.21. The van der Waals surface area contributed by atoms with Gasteiger partial charge in [0.2, 0.25) is 5.91 Å². The number of hydrogen-bond acceptors (Lipinski definition) is 4. The summed E-state index contributed by atoms with van der Waals surface area (Å²) in [5.41, 5.74) is 1.11. The monoisotopic (exact) mass is 264 g/mol. The second-order valence-corrected chi connectivity index (χ2v) is 4.56. The number of hydrogen-bond donors (Lipinski definition) is 3. The molecule has 0 spiro atoms. The van der Waals surface area contributed by atoms with Crippen molar-refractivity contribution in [2.24, 2.45) is 5.92 Å². The van der Waals surface area contributed by atoms with Gasteiger partial charge in [-0.2, -0.15) is 0 Å². The molecule has 2 amide bonds. The van der Waals surface area contributed by atoms with Gasteiger partial charge in [0.15, 0.2) is 0 Å². The van der Waals surface area contributed by atoms with Gasteiger partial charge in [0.05, 0.1) is 18.4 Å². The summed E-state index contributed by atoms with van der Waals surface area (Å²) in [6.07, 6.45) is 1.56. The van der Waals surface area contributed by atoms with E-state index in [2.05, 4.69) is 20.9 Å². The third-order valence-electron chi connectivity index (χ3n) is 2.40. The molecule has 0 aliphatic carbocycles. The number of amides is 2. The fourth-order valence-electron chi connectivity index (χ4n) is 1.31. The van der Waals surface area contributed by atoms with Crippen molar-refractivity contribution >= 4 is 17.5 Å². The fraction of sp³-hybridized carbons (Fsp3) is 0.462. The summed E-state index contributed by atoms with van der Waals surface area (Å²) in [5, 5.41) is 8.16. The van der Waals surface area contributed by atoms with Crippen LogP contribution in [-0.4, -0.2) is 36.9 Å². The summed E-state index contributed by atoms with van der Waals surface area (Å²) in [6.45, 7) is 4.57. The van der Waals surface area contributed by atoms with Crippen molar-refractivity contribution in [2.45, 2.75) is 13.8 Å². The van der Waals surface area contributed by atoms with Crippen LogP contribution in [-0.2, 0) is 4.79 Å². The van der Waals surface area contributed by atoms with Gasteiger partial charge in [-0.3, -0.25) is 9.59 Å². The van der Waals surface area contributed by atoms with Crippen LogP contribution in [0.3, 0.4) is 0 Å². The third kappa shape index (κ3) is 5.37. The Balaban J connectivity index is 2.40. The van der Waals surface area contributed by atoms with Crippen LogP contribution < -0.4 is 16.0 Å². The first-order valence-electron chi connectivity index (χ1n) is 6.21. The molecule has 1 aromatic rings. The molecule has 19 heavy (non-hydrogen) atoms. The molecule has 0 saturated heterocycles. The van der Waals surface area contributed by atoms with Crippen molar-refractivity contribution in [1.29, 1.82) is 0 Å². The van der Waals surface area contributed by atoms with Crippen LogP contribution in [0, 0.1) is 5.92 Å². The highest BCUT2D eigenvalue weighted by Crippen LogP contribution is 2.04. The van der Waals surface area contributed by atoms with Crippen molar-refractivity contribution in [3.63, 3.8) is 0 Å². The second kappa shape index (κ2) is 7.35. The lowest BCUT2D eigenvalue weighted by molar-refractivity contribution is -0.120. The maximum atomic E-state index is 11.7. The van der Waals surface area contributed by atoms with Gasteiger partial charge in [0.25, 0.3) is 5.91 Å². The maximum absolute atomic E-state index is 11.7. The van der Waals surface area contributed by atoms with E-state index < -0.39 is 0 Å². The molecule has 104 valence electrons. The zero-order valence-corrected chi connectivity index (χ0v) is 11.5. The molecule has 1 rings (SSSR count). The number of carbonyl (C=O) groups excluding carboxylic acids is 2. The highest BCUT2D eigenvalue weighted by atomic mass is 16.2. The minimum absolute atomic E-state index is 0.0407. The molecule has 3 N–H and O–H groups in total. The highest BCUT2D eigenvalue weighted by Gasteiger charge is 2.09. The van der Waals surface area contributed by atoms with Crippen molar-refractivity contribution < 1.29 is 9.59 Å². The van der Waals surface area contributed by atoms with Gasteiger partial charge in [-0.05, 0) is 18.1 Å². The van der Waals surface area contributed by atoms with E-state index in [4.69, 9.17) is 0 Å². The van der Waals surface area contributed by atoms with E-state index in [1.807, 2.05) is 13.8 Å². The van der Waals surface area contributed by atoms with Crippen molar-refractivity contribution in [3.8, 4) is 0 Å². The zero-order chi connectivity index (χ0) is 14.3. The van der Waals surface area contributed by atoms with Crippen LogP contribution >= 0.6 is 0 Å². The molecule has 0 radical (unpaired) electrons. The van der Waals surface area contributed by atoms with E-state index in [1.54, 1.807) is 25.4 Å². The third-order valence-corrected chi connectivity index (χ3v) is 2.40. The summed E-state index contributed by atoms with van der Waals surface area (Å²) in [5.74, 6) is -0.174. The molecule has 0 unspecified atom stereocenters. The number of carbonyl (C=O) groups is 2. The largest absolute Gasteiger partial charge is 0.387 e. The van der Waals surface area contributed by atoms with Gasteiger partial charge in [0, 0.05) is 13.6 Å². The van der Waals surface area contributed by atoms with Crippen molar-refractivity contribution in [1.82, 2.24) is 15.6 Å². The number of pyridine rings is 1. The summed E-state index contributed by atoms with van der Waals surface area (Å²) >= 11 is 0. The normalized spacial score (nSPS) is 10.1. The minimum Gasteiger partial charge on any atom is -0.387 e. The van der Waals surface area contributed by atoms with E-state index in [1.165, 1.54) is 0 Å². The van der Waals surface area contributed by atoms with Crippen LogP contribution in [0.5, 0.6) is 0 Å². The van der Waals surface area contributed by atoms with E-state index in [0.29, 0.717) is 12.5 Å². The predicted octanol–water partition coefficient (Wildman–Crippen LogP) is 0.625. The average Bonchev–Trinajstić information content (AvgIpc) is 2.42. The number of rotatable bonds is 6. The predicted molar refractivity (Wildman–Crippen MR) is 74.0 cm³/mol. The lowest BCUT2D eigenvalue weighted by Crippen LogP contribution is -2.38. The van der Waals surface area contributed by atoms with E-state index in [0.717, 1.165) is 5.69 Å². The minimum atomic E-state index is -0.359. The molecule has 0 saturated carbocycles. The Kier molecular flexibility index (Phi) is 5.78. The van der Waals surface area contributed by atoms with E-state index >= 15 is 0 Å². The zero-order valence-electron chi connectivity index (χ0n) is 11.5. The molecular weight excluding hydrogens is 244 g/mol. The number of anilines is 1. The molecule has 0 aliphatic rings. The number of nitrogens with one attached hydrogen (secondary N) is 3. The molecule has 0 aliphatic heterocycles.